The van der Waals surface area contributed by atoms with E-state index in [1.54, 1.807) is 30.1 Å². The van der Waals surface area contributed by atoms with E-state index in [0.717, 1.165) is 0 Å². The molecule has 6 heteroatoms. The molecule has 0 bridgehead atoms. The van der Waals surface area contributed by atoms with Crippen LogP contribution in [0.3, 0.4) is 0 Å². The Hall–Kier alpha value is -2.08. The molecule has 102 valence electrons. The molecule has 19 heavy (non-hydrogen) atoms. The summed E-state index contributed by atoms with van der Waals surface area (Å²) in [6.45, 7) is 2.33. The van der Waals surface area contributed by atoms with Crippen molar-refractivity contribution in [1.82, 2.24) is 4.98 Å². The van der Waals surface area contributed by atoms with Gasteiger partial charge >= 0.3 is 5.76 Å². The second-order valence-corrected chi connectivity index (χ2v) is 4.57. The molecule has 6 nitrogen and oxygen atoms in total. The van der Waals surface area contributed by atoms with Gasteiger partial charge < -0.3 is 15.1 Å². The maximum Gasteiger partial charge on any atom is 0.417 e. The van der Waals surface area contributed by atoms with Crippen LogP contribution in [0.2, 0.25) is 0 Å². The summed E-state index contributed by atoms with van der Waals surface area (Å²) in [4.78, 5) is 27.4. The van der Waals surface area contributed by atoms with E-state index < -0.39 is 5.76 Å². The van der Waals surface area contributed by atoms with Gasteiger partial charge in [-0.25, -0.2) is 4.79 Å². The van der Waals surface area contributed by atoms with Gasteiger partial charge in [-0.3, -0.25) is 9.78 Å². The quantitative estimate of drug-likeness (QED) is 0.863. The van der Waals surface area contributed by atoms with Gasteiger partial charge in [0.15, 0.2) is 5.58 Å². The third-order valence-electron chi connectivity index (χ3n) is 3.14. The number of aromatic amines is 1. The van der Waals surface area contributed by atoms with Crippen LogP contribution in [0.15, 0.2) is 27.4 Å². The van der Waals surface area contributed by atoms with Gasteiger partial charge in [0, 0.05) is 18.7 Å². The van der Waals surface area contributed by atoms with Crippen LogP contribution in [0.5, 0.6) is 0 Å². The molecule has 0 aliphatic heterocycles. The SMILES string of the molecule is CC(CCN)C(=O)N(C)c1ccc2oc(=O)[nH]c2c1. The number of nitrogens with two attached hydrogens (primary N) is 1. The Kier molecular flexibility index (Phi) is 3.71. The summed E-state index contributed by atoms with van der Waals surface area (Å²) < 4.78 is 4.92. The van der Waals surface area contributed by atoms with Crippen molar-refractivity contribution in [3.05, 3.63) is 28.7 Å². The Morgan fingerprint density at radius 2 is 2.26 bits per heavy atom. The molecule has 2 rings (SSSR count). The first kappa shape index (κ1) is 13.4. The summed E-state index contributed by atoms with van der Waals surface area (Å²) in [7, 11) is 1.70. The summed E-state index contributed by atoms with van der Waals surface area (Å²) in [5.74, 6) is -0.637. The molecule has 1 unspecified atom stereocenters. The number of nitrogens with zero attached hydrogens (tertiary/aromatic N) is 1. The number of oxazole rings is 1. The summed E-state index contributed by atoms with van der Waals surface area (Å²) in [6.07, 6.45) is 0.647. The van der Waals surface area contributed by atoms with E-state index in [1.807, 2.05) is 6.92 Å². The first-order valence-electron chi connectivity index (χ1n) is 6.13. The molecule has 0 saturated carbocycles. The van der Waals surface area contributed by atoms with Gasteiger partial charge in [-0.15, -0.1) is 0 Å². The first-order chi connectivity index (χ1) is 9.02. The lowest BCUT2D eigenvalue weighted by atomic mass is 10.1. The Bertz CT molecular complexity index is 644. The number of aromatic nitrogens is 1. The number of carbonyl (C=O) groups is 1. The number of carbonyl (C=O) groups excluding carboxylic acids is 1. The molecule has 1 amide bonds. The van der Waals surface area contributed by atoms with Crippen LogP contribution in [0.1, 0.15) is 13.3 Å². The highest BCUT2D eigenvalue weighted by molar-refractivity contribution is 5.95. The van der Waals surface area contributed by atoms with E-state index in [2.05, 4.69) is 4.98 Å². The van der Waals surface area contributed by atoms with Gasteiger partial charge in [-0.2, -0.15) is 0 Å². The van der Waals surface area contributed by atoms with Crippen LogP contribution in [-0.2, 0) is 4.79 Å². The van der Waals surface area contributed by atoms with E-state index in [0.29, 0.717) is 29.8 Å². The van der Waals surface area contributed by atoms with Crippen molar-refractivity contribution in [2.45, 2.75) is 13.3 Å². The van der Waals surface area contributed by atoms with Crippen LogP contribution < -0.4 is 16.4 Å². The number of hydrogen-bond donors (Lipinski definition) is 2. The number of rotatable bonds is 4. The molecule has 0 radical (unpaired) electrons. The van der Waals surface area contributed by atoms with Crippen LogP contribution in [0, 0.1) is 5.92 Å². The van der Waals surface area contributed by atoms with Gasteiger partial charge in [-0.1, -0.05) is 6.92 Å². The maximum atomic E-state index is 12.1. The molecule has 1 aromatic carbocycles. The van der Waals surface area contributed by atoms with E-state index >= 15 is 0 Å². The summed E-state index contributed by atoms with van der Waals surface area (Å²) in [6, 6.07) is 5.12. The van der Waals surface area contributed by atoms with Gasteiger partial charge in [0.2, 0.25) is 5.91 Å². The number of amides is 1. The minimum atomic E-state index is -0.502. The molecule has 1 aromatic heterocycles. The summed E-state index contributed by atoms with van der Waals surface area (Å²) in [5, 5.41) is 0. The van der Waals surface area contributed by atoms with Crippen molar-refractivity contribution >= 4 is 22.7 Å². The number of nitrogens with one attached hydrogen (secondary N) is 1. The largest absolute Gasteiger partial charge is 0.417 e. The number of anilines is 1. The standard InChI is InChI=1S/C13H17N3O3/c1-8(5-6-14)12(17)16(2)9-3-4-11-10(7-9)15-13(18)19-11/h3-4,7-8H,5-6,14H2,1-2H3,(H,15,18). The summed E-state index contributed by atoms with van der Waals surface area (Å²) in [5.41, 5.74) is 7.22. The Balaban J connectivity index is 2.27. The molecule has 1 atom stereocenters. The lowest BCUT2D eigenvalue weighted by Crippen LogP contribution is -2.32. The van der Waals surface area contributed by atoms with Gasteiger partial charge in [0.1, 0.15) is 0 Å². The number of benzene rings is 1. The predicted molar refractivity (Wildman–Crippen MR) is 73.1 cm³/mol. The minimum Gasteiger partial charge on any atom is -0.408 e. The lowest BCUT2D eigenvalue weighted by Gasteiger charge is -2.21. The van der Waals surface area contributed by atoms with E-state index in [1.165, 1.54) is 0 Å². The number of H-pyrrole nitrogens is 1. The topological polar surface area (TPSA) is 92.3 Å². The Morgan fingerprint density at radius 1 is 1.53 bits per heavy atom. The van der Waals surface area contributed by atoms with E-state index in [9.17, 15) is 9.59 Å². The molecule has 3 N–H and O–H groups in total. The third-order valence-corrected chi connectivity index (χ3v) is 3.14. The van der Waals surface area contributed by atoms with E-state index in [-0.39, 0.29) is 11.8 Å². The van der Waals surface area contributed by atoms with Crippen molar-refractivity contribution in [3.63, 3.8) is 0 Å². The Morgan fingerprint density at radius 3 is 2.95 bits per heavy atom. The maximum absolute atomic E-state index is 12.1. The van der Waals surface area contributed by atoms with Gasteiger partial charge in [0.25, 0.3) is 0 Å². The predicted octanol–water partition coefficient (Wildman–Crippen LogP) is 1.07. The first-order valence-corrected chi connectivity index (χ1v) is 6.13. The molecule has 0 saturated heterocycles. The molecule has 1 heterocycles. The van der Waals surface area contributed by atoms with Crippen molar-refractivity contribution in [2.75, 3.05) is 18.5 Å². The fourth-order valence-corrected chi connectivity index (χ4v) is 1.98. The zero-order valence-corrected chi connectivity index (χ0v) is 11.0. The average molecular weight is 263 g/mol. The highest BCUT2D eigenvalue weighted by Crippen LogP contribution is 2.21. The normalized spacial score (nSPS) is 12.6. The Labute approximate surface area is 110 Å². The molecule has 0 spiro atoms. The fourth-order valence-electron chi connectivity index (χ4n) is 1.98. The smallest absolute Gasteiger partial charge is 0.408 e. The highest BCUT2D eigenvalue weighted by Gasteiger charge is 2.18. The molecule has 0 aliphatic rings. The fraction of sp³-hybridized carbons (Fsp3) is 0.385. The second kappa shape index (κ2) is 5.27. The van der Waals surface area contributed by atoms with Crippen molar-refractivity contribution in [3.8, 4) is 0 Å². The van der Waals surface area contributed by atoms with Crippen molar-refractivity contribution < 1.29 is 9.21 Å². The van der Waals surface area contributed by atoms with Crippen LogP contribution in [-0.4, -0.2) is 24.5 Å². The lowest BCUT2D eigenvalue weighted by molar-refractivity contribution is -0.121. The van der Waals surface area contributed by atoms with Crippen LogP contribution in [0.25, 0.3) is 11.1 Å². The minimum absolute atomic E-state index is 0.00404. The molecule has 2 aromatic rings. The zero-order valence-electron chi connectivity index (χ0n) is 11.0. The van der Waals surface area contributed by atoms with Gasteiger partial charge in [-0.05, 0) is 31.2 Å². The monoisotopic (exact) mass is 263 g/mol. The molecule has 0 fully saturated rings. The average Bonchev–Trinajstić information content (AvgIpc) is 2.76. The highest BCUT2D eigenvalue weighted by atomic mass is 16.4. The molecular weight excluding hydrogens is 246 g/mol. The third kappa shape index (κ3) is 2.68. The van der Waals surface area contributed by atoms with Crippen LogP contribution in [0.4, 0.5) is 5.69 Å². The van der Waals surface area contributed by atoms with Crippen LogP contribution >= 0.6 is 0 Å². The summed E-state index contributed by atoms with van der Waals surface area (Å²) >= 11 is 0. The van der Waals surface area contributed by atoms with Gasteiger partial charge in [0.05, 0.1) is 5.52 Å². The zero-order chi connectivity index (χ0) is 14.0. The van der Waals surface area contributed by atoms with E-state index in [4.69, 9.17) is 10.2 Å². The molecular formula is C13H17N3O3. The second-order valence-electron chi connectivity index (χ2n) is 4.57. The van der Waals surface area contributed by atoms with Crippen molar-refractivity contribution in [1.29, 1.82) is 0 Å². The number of hydrogen-bond acceptors (Lipinski definition) is 4. The van der Waals surface area contributed by atoms with Crippen molar-refractivity contribution in [2.24, 2.45) is 11.7 Å². The number of fused-ring (bicyclic) bond motifs is 1. The molecule has 0 aliphatic carbocycles.